The maximum absolute atomic E-state index is 5.94. The molecule has 2 N–H and O–H groups in total. The van der Waals surface area contributed by atoms with Crippen LogP contribution in [0.1, 0.15) is 0 Å². The zero-order valence-electron chi connectivity index (χ0n) is 8.59. The Morgan fingerprint density at radius 3 is 2.71 bits per heavy atom. The Morgan fingerprint density at radius 1 is 1.18 bits per heavy atom. The number of aromatic nitrogens is 3. The van der Waals surface area contributed by atoms with E-state index in [-0.39, 0.29) is 5.95 Å². The molecule has 3 aromatic rings. The standard InChI is InChI=1S/C11H7ClN4O/c12-7-1-2-9-8(3-7)10(16-17-9)6-4-14-11(13)15-5-6/h1-5H,(H2,13,14,15). The van der Waals surface area contributed by atoms with E-state index < -0.39 is 0 Å². The molecule has 1 aromatic carbocycles. The molecule has 0 saturated heterocycles. The van der Waals surface area contributed by atoms with Gasteiger partial charge in [-0.15, -0.1) is 0 Å². The minimum atomic E-state index is 0.222. The third-order valence-electron chi connectivity index (χ3n) is 2.38. The quantitative estimate of drug-likeness (QED) is 0.714. The number of nitrogens with zero attached hydrogens (tertiary/aromatic N) is 3. The first-order valence-corrected chi connectivity index (χ1v) is 5.24. The molecule has 0 radical (unpaired) electrons. The molecule has 0 saturated carbocycles. The van der Waals surface area contributed by atoms with Gasteiger partial charge in [-0.05, 0) is 18.2 Å². The van der Waals surface area contributed by atoms with Crippen molar-refractivity contribution < 1.29 is 4.52 Å². The van der Waals surface area contributed by atoms with Crippen molar-refractivity contribution >= 4 is 28.5 Å². The first-order chi connectivity index (χ1) is 8.24. The molecular weight excluding hydrogens is 240 g/mol. The van der Waals surface area contributed by atoms with E-state index in [2.05, 4.69) is 15.1 Å². The Hall–Kier alpha value is -2.14. The number of anilines is 1. The van der Waals surface area contributed by atoms with Gasteiger partial charge in [-0.25, -0.2) is 9.97 Å². The molecule has 0 aliphatic carbocycles. The molecule has 0 aliphatic heterocycles. The number of rotatable bonds is 1. The van der Waals surface area contributed by atoms with Crippen molar-refractivity contribution in [3.05, 3.63) is 35.6 Å². The smallest absolute Gasteiger partial charge is 0.219 e. The normalized spacial score (nSPS) is 10.9. The lowest BCUT2D eigenvalue weighted by atomic mass is 10.1. The molecular formula is C11H7ClN4O. The van der Waals surface area contributed by atoms with Gasteiger partial charge in [0.1, 0.15) is 5.69 Å². The largest absolute Gasteiger partial charge is 0.368 e. The van der Waals surface area contributed by atoms with Gasteiger partial charge in [-0.2, -0.15) is 0 Å². The van der Waals surface area contributed by atoms with E-state index in [4.69, 9.17) is 21.9 Å². The van der Waals surface area contributed by atoms with E-state index in [9.17, 15) is 0 Å². The van der Waals surface area contributed by atoms with Gasteiger partial charge in [0.15, 0.2) is 5.58 Å². The van der Waals surface area contributed by atoms with E-state index in [1.165, 1.54) is 0 Å². The highest BCUT2D eigenvalue weighted by Crippen LogP contribution is 2.29. The van der Waals surface area contributed by atoms with Crippen LogP contribution in [0.4, 0.5) is 5.95 Å². The van der Waals surface area contributed by atoms with Gasteiger partial charge in [0.2, 0.25) is 5.95 Å². The van der Waals surface area contributed by atoms with Gasteiger partial charge in [-0.1, -0.05) is 16.8 Å². The van der Waals surface area contributed by atoms with E-state index in [1.54, 1.807) is 30.6 Å². The molecule has 0 aliphatic rings. The molecule has 5 nitrogen and oxygen atoms in total. The minimum Gasteiger partial charge on any atom is -0.368 e. The lowest BCUT2D eigenvalue weighted by Gasteiger charge is -1.96. The molecule has 2 aromatic heterocycles. The van der Waals surface area contributed by atoms with Crippen molar-refractivity contribution in [2.75, 3.05) is 5.73 Å². The second kappa shape index (κ2) is 3.71. The molecule has 6 heteroatoms. The van der Waals surface area contributed by atoms with Gasteiger partial charge in [0.25, 0.3) is 0 Å². The van der Waals surface area contributed by atoms with Crippen molar-refractivity contribution in [2.45, 2.75) is 0 Å². The molecule has 3 rings (SSSR count). The molecule has 0 unspecified atom stereocenters. The fourth-order valence-electron chi connectivity index (χ4n) is 1.58. The predicted octanol–water partition coefficient (Wildman–Crippen LogP) is 2.52. The van der Waals surface area contributed by atoms with Crippen LogP contribution in [-0.2, 0) is 0 Å². The summed E-state index contributed by atoms with van der Waals surface area (Å²) in [7, 11) is 0. The number of hydrogen-bond donors (Lipinski definition) is 1. The monoisotopic (exact) mass is 246 g/mol. The van der Waals surface area contributed by atoms with Crippen LogP contribution in [0.15, 0.2) is 35.1 Å². The summed E-state index contributed by atoms with van der Waals surface area (Å²) in [6.07, 6.45) is 3.20. The fourth-order valence-corrected chi connectivity index (χ4v) is 1.75. The maximum atomic E-state index is 5.94. The molecule has 0 amide bonds. The van der Waals surface area contributed by atoms with E-state index in [1.807, 2.05) is 0 Å². The highest BCUT2D eigenvalue weighted by Gasteiger charge is 2.11. The summed E-state index contributed by atoms with van der Waals surface area (Å²) >= 11 is 5.94. The number of fused-ring (bicyclic) bond motifs is 1. The van der Waals surface area contributed by atoms with Crippen molar-refractivity contribution in [1.82, 2.24) is 15.1 Å². The molecule has 0 atom stereocenters. The summed E-state index contributed by atoms with van der Waals surface area (Å²) in [5.41, 5.74) is 7.49. The number of hydrogen-bond acceptors (Lipinski definition) is 5. The van der Waals surface area contributed by atoms with Crippen molar-refractivity contribution in [3.63, 3.8) is 0 Å². The van der Waals surface area contributed by atoms with Crippen LogP contribution in [0.2, 0.25) is 5.02 Å². The zero-order valence-corrected chi connectivity index (χ0v) is 9.35. The molecule has 0 fully saturated rings. The van der Waals surface area contributed by atoms with Crippen LogP contribution >= 0.6 is 11.6 Å². The summed E-state index contributed by atoms with van der Waals surface area (Å²) < 4.78 is 5.19. The van der Waals surface area contributed by atoms with Crippen molar-refractivity contribution in [1.29, 1.82) is 0 Å². The van der Waals surface area contributed by atoms with Crippen molar-refractivity contribution in [2.24, 2.45) is 0 Å². The predicted molar refractivity (Wildman–Crippen MR) is 64.5 cm³/mol. The highest BCUT2D eigenvalue weighted by atomic mass is 35.5. The summed E-state index contributed by atoms with van der Waals surface area (Å²) in [5.74, 6) is 0.222. The summed E-state index contributed by atoms with van der Waals surface area (Å²) in [6, 6.07) is 5.31. The second-order valence-corrected chi connectivity index (χ2v) is 3.94. The van der Waals surface area contributed by atoms with E-state index >= 15 is 0 Å². The Bertz CT molecular complexity index is 678. The van der Waals surface area contributed by atoms with Gasteiger partial charge < -0.3 is 10.3 Å². The van der Waals surface area contributed by atoms with E-state index in [0.717, 1.165) is 10.9 Å². The minimum absolute atomic E-state index is 0.222. The fraction of sp³-hybridized carbons (Fsp3) is 0. The van der Waals surface area contributed by atoms with Crippen LogP contribution in [0.3, 0.4) is 0 Å². The highest BCUT2D eigenvalue weighted by molar-refractivity contribution is 6.31. The number of benzene rings is 1. The van der Waals surface area contributed by atoms with Gasteiger partial charge >= 0.3 is 0 Å². The molecule has 2 heterocycles. The third-order valence-corrected chi connectivity index (χ3v) is 2.61. The summed E-state index contributed by atoms with van der Waals surface area (Å²) in [6.45, 7) is 0. The van der Waals surface area contributed by atoms with Crippen LogP contribution < -0.4 is 5.73 Å². The average Bonchev–Trinajstić information content (AvgIpc) is 2.73. The molecule has 0 bridgehead atoms. The van der Waals surface area contributed by atoms with Crippen LogP contribution in [0.5, 0.6) is 0 Å². The Balaban J connectivity index is 2.23. The molecule has 0 spiro atoms. The maximum Gasteiger partial charge on any atom is 0.219 e. The average molecular weight is 247 g/mol. The van der Waals surface area contributed by atoms with Crippen LogP contribution in [0.25, 0.3) is 22.2 Å². The summed E-state index contributed by atoms with van der Waals surface area (Å²) in [5, 5.41) is 5.43. The van der Waals surface area contributed by atoms with E-state index in [0.29, 0.717) is 16.3 Å². The first-order valence-electron chi connectivity index (χ1n) is 4.87. The Kier molecular flexibility index (Phi) is 2.19. The number of nitrogen functional groups attached to an aromatic ring is 1. The third kappa shape index (κ3) is 1.70. The Labute approximate surface area is 101 Å². The lowest BCUT2D eigenvalue weighted by Crippen LogP contribution is -1.93. The number of nitrogens with two attached hydrogens (primary N) is 1. The molecule has 84 valence electrons. The van der Waals surface area contributed by atoms with Gasteiger partial charge in [0, 0.05) is 23.0 Å². The first kappa shape index (κ1) is 10.0. The number of halogens is 1. The van der Waals surface area contributed by atoms with Crippen LogP contribution in [0, 0.1) is 0 Å². The van der Waals surface area contributed by atoms with Gasteiger partial charge in [0.05, 0.1) is 5.39 Å². The molecule has 17 heavy (non-hydrogen) atoms. The second-order valence-electron chi connectivity index (χ2n) is 3.50. The zero-order chi connectivity index (χ0) is 11.8. The van der Waals surface area contributed by atoms with Crippen LogP contribution in [-0.4, -0.2) is 15.1 Å². The summed E-state index contributed by atoms with van der Waals surface area (Å²) in [4.78, 5) is 7.83. The topological polar surface area (TPSA) is 77.8 Å². The van der Waals surface area contributed by atoms with Crippen molar-refractivity contribution in [3.8, 4) is 11.3 Å². The SMILES string of the molecule is Nc1ncc(-c2noc3ccc(Cl)cc23)cn1. The Morgan fingerprint density at radius 2 is 1.94 bits per heavy atom. The lowest BCUT2D eigenvalue weighted by molar-refractivity contribution is 0.459. The van der Waals surface area contributed by atoms with Gasteiger partial charge in [-0.3, -0.25) is 0 Å².